The molecule has 43 heavy (non-hydrogen) atoms. The Morgan fingerprint density at radius 2 is 2.00 bits per heavy atom. The first-order valence-corrected chi connectivity index (χ1v) is 16.8. The van der Waals surface area contributed by atoms with Crippen LogP contribution in [0.3, 0.4) is 0 Å². The fraction of sp³-hybridized carbons (Fsp3) is 0.824. The lowest BCUT2D eigenvalue weighted by Crippen LogP contribution is -2.45. The first-order chi connectivity index (χ1) is 20.7. The van der Waals surface area contributed by atoms with Crippen LogP contribution in [-0.4, -0.2) is 72.9 Å². The van der Waals surface area contributed by atoms with E-state index in [9.17, 15) is 19.8 Å². The van der Waals surface area contributed by atoms with Gasteiger partial charge in [0.15, 0.2) is 6.21 Å². The van der Waals surface area contributed by atoms with Crippen LogP contribution < -0.4 is 11.1 Å². The number of nitrogens with zero attached hydrogens (tertiary/aromatic N) is 1. The summed E-state index contributed by atoms with van der Waals surface area (Å²) in [6, 6.07) is 0. The Hall–Kier alpha value is -1.78. The number of Topliss-reactive ketones (excluding diaryl/α,β-unsaturated/α-hetero) is 1. The molecule has 9 heteroatoms. The highest BCUT2D eigenvalue weighted by atomic mass is 16.5. The fourth-order valence-electron chi connectivity index (χ4n) is 7.35. The van der Waals surface area contributed by atoms with E-state index in [4.69, 9.17) is 15.2 Å². The second kappa shape index (κ2) is 18.9. The normalized spacial score (nSPS) is 27.9. The molecule has 0 aromatic heterocycles. The predicted octanol–water partition coefficient (Wildman–Crippen LogP) is 4.64. The van der Waals surface area contributed by atoms with E-state index in [2.05, 4.69) is 17.2 Å². The average Bonchev–Trinajstić information content (AvgIpc) is 3.42. The van der Waals surface area contributed by atoms with Crippen LogP contribution in [0.2, 0.25) is 0 Å². The molecule has 2 aliphatic heterocycles. The Morgan fingerprint density at radius 1 is 1.19 bits per heavy atom. The zero-order chi connectivity index (χ0) is 31.2. The van der Waals surface area contributed by atoms with E-state index < -0.39 is 12.2 Å². The maximum Gasteiger partial charge on any atom is 0.302 e. The largest absolute Gasteiger partial charge is 0.462 e. The summed E-state index contributed by atoms with van der Waals surface area (Å²) in [5, 5.41) is 22.9. The number of ketones is 1. The minimum atomic E-state index is -0.418. The maximum atomic E-state index is 12.9. The molecular weight excluding hydrogens is 546 g/mol. The van der Waals surface area contributed by atoms with E-state index in [1.807, 2.05) is 12.8 Å². The lowest BCUT2D eigenvalue weighted by molar-refractivity contribution is -0.148. The molecule has 9 nitrogen and oxygen atoms in total. The highest BCUT2D eigenvalue weighted by molar-refractivity contribution is 5.84. The zero-order valence-corrected chi connectivity index (χ0v) is 26.8. The molecule has 0 bridgehead atoms. The molecule has 2 fully saturated rings. The molecular formula is C34H58N3O6+. The van der Waals surface area contributed by atoms with Crippen LogP contribution in [0.15, 0.2) is 16.1 Å². The first kappa shape index (κ1) is 35.7. The van der Waals surface area contributed by atoms with Crippen molar-refractivity contribution in [1.82, 2.24) is 5.32 Å². The Balaban J connectivity index is 1.53. The quantitative estimate of drug-likeness (QED) is 0.123. The Kier molecular flexibility index (Phi) is 15.7. The van der Waals surface area contributed by atoms with Gasteiger partial charge >= 0.3 is 5.97 Å². The summed E-state index contributed by atoms with van der Waals surface area (Å²) in [6.07, 6.45) is 13.3. The van der Waals surface area contributed by atoms with Crippen molar-refractivity contribution in [2.75, 3.05) is 20.3 Å². The minimum absolute atomic E-state index is 0.0402. The number of carbonyl (C=O) groups is 2. The van der Waals surface area contributed by atoms with Gasteiger partial charge in [0.05, 0.1) is 23.9 Å². The average molecular weight is 605 g/mol. The van der Waals surface area contributed by atoms with Crippen LogP contribution in [-0.2, 0) is 19.1 Å². The summed E-state index contributed by atoms with van der Waals surface area (Å²) in [5.74, 6) is 1.58. The number of hydrogen-bond acceptors (Lipinski definition) is 9. The van der Waals surface area contributed by atoms with E-state index in [1.165, 1.54) is 18.1 Å². The molecule has 0 aromatic rings. The van der Waals surface area contributed by atoms with Crippen molar-refractivity contribution < 1.29 is 29.3 Å². The third-order valence-electron chi connectivity index (χ3n) is 10.0. The fourth-order valence-corrected chi connectivity index (χ4v) is 7.35. The molecule has 8 atom stereocenters. The van der Waals surface area contributed by atoms with Gasteiger partial charge in [-0.05, 0) is 94.4 Å². The van der Waals surface area contributed by atoms with Crippen molar-refractivity contribution in [2.24, 2.45) is 34.4 Å². The van der Waals surface area contributed by atoms with Crippen LogP contribution in [0.4, 0.5) is 0 Å². The molecule has 2 heterocycles. The number of piperidine rings is 1. The second-order valence-electron chi connectivity index (χ2n) is 13.2. The number of methoxy groups -OCH3 is 1. The number of allylic oxidation sites excluding steroid dienone is 1. The van der Waals surface area contributed by atoms with E-state index >= 15 is 0 Å². The lowest BCUT2D eigenvalue weighted by Gasteiger charge is -2.33. The van der Waals surface area contributed by atoms with E-state index in [0.717, 1.165) is 77.2 Å². The molecule has 1 saturated carbocycles. The van der Waals surface area contributed by atoms with Crippen LogP contribution >= 0.6 is 0 Å². The highest BCUT2D eigenvalue weighted by Crippen LogP contribution is 2.37. The standard InChI is InChI=1S/C34H58N3O6/c1-4-24(16-28-21-36-22-29(28)18-26(6-5-15-38)27-13-14-37-34(35)19-27)8-11-31(43-23(2)39)20-30(40)10-7-25-9-12-32(41)33(17-25)42-3/h21-22,24-27,31-34,37-38,41H,4-20,35H2,1-3H3/q+1/t24-,25?,26+,27?,31-,32?,33?,34?/m1/s1. The lowest BCUT2D eigenvalue weighted by atomic mass is 9.77. The number of hydrogen-bond donors (Lipinski definition) is 4. The van der Waals surface area contributed by atoms with Crippen molar-refractivity contribution in [3.63, 3.8) is 0 Å². The number of aliphatic hydroxyl groups excluding tert-OH is 2. The molecule has 3 rings (SSSR count). The van der Waals surface area contributed by atoms with E-state index in [0.29, 0.717) is 42.9 Å². The summed E-state index contributed by atoms with van der Waals surface area (Å²) in [7, 11) is 1.63. The van der Waals surface area contributed by atoms with Gasteiger partial charge in [0.25, 0.3) is 0 Å². The smallest absolute Gasteiger partial charge is 0.302 e. The summed E-state index contributed by atoms with van der Waals surface area (Å²) >= 11 is 0. The van der Waals surface area contributed by atoms with E-state index in [-0.39, 0.29) is 37.0 Å². The number of ether oxygens (including phenoxy) is 2. The maximum absolute atomic E-state index is 12.9. The van der Waals surface area contributed by atoms with Gasteiger partial charge in [-0.2, -0.15) is 0 Å². The highest BCUT2D eigenvalue weighted by Gasteiger charge is 2.33. The van der Waals surface area contributed by atoms with Gasteiger partial charge in [0.2, 0.25) is 0 Å². The number of aliphatic hydroxyl groups is 2. The third kappa shape index (κ3) is 12.3. The molecule has 1 saturated heterocycles. The van der Waals surface area contributed by atoms with Gasteiger partial charge in [-0.25, -0.2) is 0 Å². The number of rotatable bonds is 19. The van der Waals surface area contributed by atoms with Gasteiger partial charge in [0.1, 0.15) is 24.0 Å². The van der Waals surface area contributed by atoms with Crippen molar-refractivity contribution in [1.29, 1.82) is 0 Å². The minimum Gasteiger partial charge on any atom is -0.462 e. The summed E-state index contributed by atoms with van der Waals surface area (Å²) in [5.41, 5.74) is 8.81. The topological polar surface area (TPSA) is 143 Å². The molecule has 244 valence electrons. The Labute approximate surface area is 259 Å². The predicted molar refractivity (Wildman–Crippen MR) is 169 cm³/mol. The number of esters is 1. The van der Waals surface area contributed by atoms with Crippen molar-refractivity contribution >= 4 is 18.0 Å². The van der Waals surface area contributed by atoms with Crippen LogP contribution in [0.5, 0.6) is 0 Å². The molecule has 0 spiro atoms. The molecule has 3 aliphatic rings. The summed E-state index contributed by atoms with van der Waals surface area (Å²) < 4.78 is 11.0. The first-order valence-electron chi connectivity index (χ1n) is 16.8. The van der Waals surface area contributed by atoms with Crippen molar-refractivity contribution in [2.45, 2.75) is 135 Å². The van der Waals surface area contributed by atoms with Crippen molar-refractivity contribution in [3.8, 4) is 0 Å². The molecule has 1 aliphatic carbocycles. The SMILES string of the molecule is CC[C@H](CC[C@H](CC(=O)CCC1CCC(O)C(OC)C1)OC(C)=O)CC1=C(C[C@H](CCCO)C2CCNC(N)C2)[CH+]N=C1. The third-order valence-corrected chi connectivity index (χ3v) is 10.0. The van der Waals surface area contributed by atoms with Crippen LogP contribution in [0.1, 0.15) is 110 Å². The van der Waals surface area contributed by atoms with Crippen LogP contribution in [0.25, 0.3) is 0 Å². The van der Waals surface area contributed by atoms with Crippen molar-refractivity contribution in [3.05, 3.63) is 17.7 Å². The number of aliphatic imine (C=N–C) groups is 1. The van der Waals surface area contributed by atoms with E-state index in [1.54, 1.807) is 7.11 Å². The molecule has 5 unspecified atom stereocenters. The van der Waals surface area contributed by atoms with Gasteiger partial charge in [-0.3, -0.25) is 9.59 Å². The zero-order valence-electron chi connectivity index (χ0n) is 26.8. The summed E-state index contributed by atoms with van der Waals surface area (Å²) in [4.78, 5) is 29.3. The van der Waals surface area contributed by atoms with Gasteiger partial charge < -0.3 is 30.7 Å². The van der Waals surface area contributed by atoms with Gasteiger partial charge in [-0.1, -0.05) is 13.3 Å². The summed E-state index contributed by atoms with van der Waals surface area (Å²) in [6.45, 7) is 6.77. The molecule has 0 radical (unpaired) electrons. The number of nitrogens with two attached hydrogens (primary N) is 1. The monoisotopic (exact) mass is 604 g/mol. The molecule has 0 aromatic carbocycles. The Bertz CT molecular complexity index is 924. The van der Waals surface area contributed by atoms with Gasteiger partial charge in [0, 0.05) is 46.3 Å². The second-order valence-corrected chi connectivity index (χ2v) is 13.2. The number of nitrogens with one attached hydrogen (secondary N) is 1. The van der Waals surface area contributed by atoms with Crippen LogP contribution in [0, 0.1) is 30.2 Å². The Morgan fingerprint density at radius 3 is 2.70 bits per heavy atom. The van der Waals surface area contributed by atoms with Gasteiger partial charge in [-0.15, -0.1) is 4.99 Å². The number of carbonyl (C=O) groups excluding carboxylic acids is 2. The molecule has 5 N–H and O–H groups in total. The molecule has 0 amide bonds.